The summed E-state index contributed by atoms with van der Waals surface area (Å²) in [5, 5.41) is 2.37. The van der Waals surface area contributed by atoms with Gasteiger partial charge < -0.3 is 11.1 Å². The van der Waals surface area contributed by atoms with E-state index in [1.807, 2.05) is 0 Å². The number of aryl methyl sites for hydroxylation is 1. The molecule has 0 spiro atoms. The molecule has 0 aliphatic heterocycles. The van der Waals surface area contributed by atoms with Gasteiger partial charge in [-0.3, -0.25) is 4.79 Å². The summed E-state index contributed by atoms with van der Waals surface area (Å²) in [4.78, 5) is 11.2. The maximum atomic E-state index is 13.8. The standard InChI is InChI=1S/C14H11F3N2O.C3H8/c1-7-2-5-11(10(16)6-7)19-13-8(14(18)20)3-4-9(15)12(13)17;1-3-2/h2-6,19H,1H3,(H2,18,20);3H2,1-2H3. The fourth-order valence-electron chi connectivity index (χ4n) is 1.73. The predicted molar refractivity (Wildman–Crippen MR) is 85.3 cm³/mol. The summed E-state index contributed by atoms with van der Waals surface area (Å²) in [5.74, 6) is -4.05. The Kier molecular flexibility index (Phi) is 6.63. The number of hydrogen-bond donors (Lipinski definition) is 2. The Balaban J connectivity index is 0.000000816. The van der Waals surface area contributed by atoms with Crippen LogP contribution in [-0.2, 0) is 0 Å². The quantitative estimate of drug-likeness (QED) is 0.862. The molecule has 0 aliphatic rings. The summed E-state index contributed by atoms with van der Waals surface area (Å²) in [5.41, 5.74) is 4.93. The average Bonchev–Trinajstić information content (AvgIpc) is 2.47. The SMILES string of the molecule is CCC.Cc1ccc(Nc2c(C(N)=O)ccc(F)c2F)c(F)c1. The molecule has 6 heteroatoms. The molecule has 0 radical (unpaired) electrons. The third-order valence-electron chi connectivity index (χ3n) is 2.74. The molecular weight excluding hydrogens is 305 g/mol. The third kappa shape index (κ3) is 4.74. The monoisotopic (exact) mass is 324 g/mol. The molecule has 0 aromatic heterocycles. The Bertz CT molecular complexity index is 702. The van der Waals surface area contributed by atoms with Crippen LogP contribution in [0.4, 0.5) is 24.5 Å². The second-order valence-corrected chi connectivity index (χ2v) is 4.96. The van der Waals surface area contributed by atoms with Gasteiger partial charge >= 0.3 is 0 Å². The number of benzene rings is 2. The van der Waals surface area contributed by atoms with Crippen LogP contribution in [0.2, 0.25) is 0 Å². The van der Waals surface area contributed by atoms with E-state index in [0.29, 0.717) is 5.56 Å². The molecule has 3 N–H and O–H groups in total. The van der Waals surface area contributed by atoms with Crippen LogP contribution in [0, 0.1) is 24.4 Å². The van der Waals surface area contributed by atoms with Crippen LogP contribution in [0.15, 0.2) is 30.3 Å². The van der Waals surface area contributed by atoms with E-state index in [2.05, 4.69) is 19.2 Å². The number of hydrogen-bond acceptors (Lipinski definition) is 2. The van der Waals surface area contributed by atoms with Gasteiger partial charge in [0.15, 0.2) is 11.6 Å². The van der Waals surface area contributed by atoms with E-state index >= 15 is 0 Å². The van der Waals surface area contributed by atoms with Gasteiger partial charge in [0.25, 0.3) is 5.91 Å². The largest absolute Gasteiger partial charge is 0.366 e. The molecular formula is C17H19F3N2O. The van der Waals surface area contributed by atoms with Crippen LogP contribution in [-0.4, -0.2) is 5.91 Å². The molecule has 0 fully saturated rings. The van der Waals surface area contributed by atoms with Crippen molar-refractivity contribution in [1.29, 1.82) is 0 Å². The maximum absolute atomic E-state index is 13.8. The van der Waals surface area contributed by atoms with Crippen molar-refractivity contribution < 1.29 is 18.0 Å². The molecule has 2 rings (SSSR count). The van der Waals surface area contributed by atoms with Crippen molar-refractivity contribution in [2.75, 3.05) is 5.32 Å². The van der Waals surface area contributed by atoms with Crippen molar-refractivity contribution in [2.24, 2.45) is 5.73 Å². The van der Waals surface area contributed by atoms with Gasteiger partial charge in [0.05, 0.1) is 16.9 Å². The highest BCUT2D eigenvalue weighted by Gasteiger charge is 2.18. The molecule has 3 nitrogen and oxygen atoms in total. The summed E-state index contributed by atoms with van der Waals surface area (Å²) >= 11 is 0. The molecule has 2 aromatic rings. The van der Waals surface area contributed by atoms with Crippen LogP contribution in [0.3, 0.4) is 0 Å². The van der Waals surface area contributed by atoms with Gasteiger partial charge in [0, 0.05) is 0 Å². The number of carbonyl (C=O) groups excluding carboxylic acids is 1. The topological polar surface area (TPSA) is 55.1 Å². The van der Waals surface area contributed by atoms with Crippen molar-refractivity contribution in [3.63, 3.8) is 0 Å². The highest BCUT2D eigenvalue weighted by atomic mass is 19.2. The zero-order valence-electron chi connectivity index (χ0n) is 13.2. The molecule has 124 valence electrons. The summed E-state index contributed by atoms with van der Waals surface area (Å²) < 4.78 is 40.7. The first-order valence-corrected chi connectivity index (χ1v) is 7.12. The number of halogens is 3. The van der Waals surface area contributed by atoms with Gasteiger partial charge in [-0.15, -0.1) is 0 Å². The first-order chi connectivity index (χ1) is 10.8. The number of amides is 1. The molecule has 23 heavy (non-hydrogen) atoms. The summed E-state index contributed by atoms with van der Waals surface area (Å²) in [6.45, 7) is 5.93. The summed E-state index contributed by atoms with van der Waals surface area (Å²) in [6.07, 6.45) is 1.25. The van der Waals surface area contributed by atoms with Crippen LogP contribution < -0.4 is 11.1 Å². The van der Waals surface area contributed by atoms with Gasteiger partial charge in [-0.1, -0.05) is 26.3 Å². The molecule has 0 heterocycles. The Labute approximate surface area is 133 Å². The van der Waals surface area contributed by atoms with Gasteiger partial charge in [0.1, 0.15) is 5.82 Å². The minimum Gasteiger partial charge on any atom is -0.366 e. The van der Waals surface area contributed by atoms with Crippen molar-refractivity contribution >= 4 is 17.3 Å². The third-order valence-corrected chi connectivity index (χ3v) is 2.74. The van der Waals surface area contributed by atoms with E-state index in [1.165, 1.54) is 18.6 Å². The fourth-order valence-corrected chi connectivity index (χ4v) is 1.73. The molecule has 0 saturated carbocycles. The predicted octanol–water partition coefficient (Wildman–Crippen LogP) is 4.67. The Hall–Kier alpha value is -2.50. The molecule has 1 amide bonds. The highest BCUT2D eigenvalue weighted by Crippen LogP contribution is 2.27. The molecule has 0 bridgehead atoms. The number of primary amides is 1. The molecule has 0 unspecified atom stereocenters. The van der Waals surface area contributed by atoms with Crippen LogP contribution >= 0.6 is 0 Å². The van der Waals surface area contributed by atoms with Crippen molar-refractivity contribution in [3.05, 3.63) is 58.9 Å². The minimum atomic E-state index is -1.29. The number of nitrogens with two attached hydrogens (primary N) is 1. The second-order valence-electron chi connectivity index (χ2n) is 4.96. The molecule has 0 aliphatic carbocycles. The zero-order chi connectivity index (χ0) is 17.6. The minimum absolute atomic E-state index is 0.0809. The lowest BCUT2D eigenvalue weighted by Gasteiger charge is -2.12. The van der Waals surface area contributed by atoms with Crippen molar-refractivity contribution in [3.8, 4) is 0 Å². The zero-order valence-corrected chi connectivity index (χ0v) is 13.2. The Morgan fingerprint density at radius 3 is 2.22 bits per heavy atom. The Morgan fingerprint density at radius 2 is 1.70 bits per heavy atom. The van der Waals surface area contributed by atoms with E-state index < -0.39 is 29.0 Å². The lowest BCUT2D eigenvalue weighted by molar-refractivity contribution is 0.100. The van der Waals surface area contributed by atoms with Crippen LogP contribution in [0.5, 0.6) is 0 Å². The number of rotatable bonds is 3. The lowest BCUT2D eigenvalue weighted by Crippen LogP contribution is -2.15. The second kappa shape index (κ2) is 8.22. The maximum Gasteiger partial charge on any atom is 0.250 e. The van der Waals surface area contributed by atoms with Crippen LogP contribution in [0.1, 0.15) is 36.2 Å². The summed E-state index contributed by atoms with van der Waals surface area (Å²) in [6, 6.07) is 6.00. The van der Waals surface area contributed by atoms with Gasteiger partial charge in [0.2, 0.25) is 0 Å². The normalized spacial score (nSPS) is 9.83. The lowest BCUT2D eigenvalue weighted by atomic mass is 10.1. The fraction of sp³-hybridized carbons (Fsp3) is 0.235. The Morgan fingerprint density at radius 1 is 1.09 bits per heavy atom. The molecule has 0 atom stereocenters. The van der Waals surface area contributed by atoms with Crippen LogP contribution in [0.25, 0.3) is 0 Å². The summed E-state index contributed by atoms with van der Waals surface area (Å²) in [7, 11) is 0. The number of carbonyl (C=O) groups is 1. The highest BCUT2D eigenvalue weighted by molar-refractivity contribution is 5.99. The van der Waals surface area contributed by atoms with Crippen molar-refractivity contribution in [1.82, 2.24) is 0 Å². The van der Waals surface area contributed by atoms with Gasteiger partial charge in [-0.2, -0.15) is 0 Å². The van der Waals surface area contributed by atoms with Gasteiger partial charge in [-0.05, 0) is 36.8 Å². The van der Waals surface area contributed by atoms with E-state index in [9.17, 15) is 18.0 Å². The van der Waals surface area contributed by atoms with Crippen molar-refractivity contribution in [2.45, 2.75) is 27.2 Å². The van der Waals surface area contributed by atoms with Gasteiger partial charge in [-0.25, -0.2) is 13.2 Å². The van der Waals surface area contributed by atoms with E-state index in [4.69, 9.17) is 5.73 Å². The first-order valence-electron chi connectivity index (χ1n) is 7.12. The number of anilines is 2. The average molecular weight is 324 g/mol. The van der Waals surface area contributed by atoms with E-state index in [0.717, 1.165) is 12.1 Å². The molecule has 0 saturated heterocycles. The number of nitrogens with one attached hydrogen (secondary N) is 1. The smallest absolute Gasteiger partial charge is 0.250 e. The van der Waals surface area contributed by atoms with E-state index in [1.54, 1.807) is 13.0 Å². The molecule has 2 aromatic carbocycles. The first kappa shape index (κ1) is 18.5. The van der Waals surface area contributed by atoms with E-state index in [-0.39, 0.29) is 11.3 Å².